The average molecular weight is 284 g/mol. The van der Waals surface area contributed by atoms with Crippen LogP contribution < -0.4 is 5.73 Å². The minimum Gasteiger partial charge on any atom is -0.440 e. The normalized spacial score (nSPS) is 11.1. The maximum absolute atomic E-state index is 5.74. The highest BCUT2D eigenvalue weighted by molar-refractivity contribution is 7.98. The summed E-state index contributed by atoms with van der Waals surface area (Å²) in [5, 5.41) is 0. The van der Waals surface area contributed by atoms with E-state index in [0.29, 0.717) is 5.69 Å². The van der Waals surface area contributed by atoms with Crippen LogP contribution in [0.5, 0.6) is 0 Å². The largest absolute Gasteiger partial charge is 0.440 e. The van der Waals surface area contributed by atoms with Crippen LogP contribution in [0.15, 0.2) is 45.7 Å². The monoisotopic (exact) mass is 284 g/mol. The van der Waals surface area contributed by atoms with E-state index < -0.39 is 0 Å². The van der Waals surface area contributed by atoms with Gasteiger partial charge in [-0.3, -0.25) is 0 Å². The molecule has 0 saturated heterocycles. The van der Waals surface area contributed by atoms with Crippen LogP contribution in [0, 0.1) is 13.8 Å². The lowest BCUT2D eigenvalue weighted by Gasteiger charge is -2.04. The van der Waals surface area contributed by atoms with Gasteiger partial charge in [0.05, 0.1) is 5.75 Å². The van der Waals surface area contributed by atoms with E-state index in [1.54, 1.807) is 11.8 Å². The van der Waals surface area contributed by atoms with E-state index in [9.17, 15) is 0 Å². The number of hydrogen-bond acceptors (Lipinski definition) is 4. The zero-order chi connectivity index (χ0) is 14.1. The van der Waals surface area contributed by atoms with Gasteiger partial charge in [0.25, 0.3) is 0 Å². The van der Waals surface area contributed by atoms with Gasteiger partial charge in [-0.05, 0) is 37.6 Å². The fourth-order valence-electron chi connectivity index (χ4n) is 2.05. The minimum absolute atomic E-state index is 0.697. The van der Waals surface area contributed by atoms with Gasteiger partial charge < -0.3 is 10.2 Å². The first-order valence-electron chi connectivity index (χ1n) is 6.47. The van der Waals surface area contributed by atoms with Gasteiger partial charge in [0.1, 0.15) is 5.52 Å². The summed E-state index contributed by atoms with van der Waals surface area (Å²) in [5.74, 6) is 1.45. The lowest BCUT2D eigenvalue weighted by atomic mass is 10.2. The van der Waals surface area contributed by atoms with Gasteiger partial charge in [-0.25, -0.2) is 4.98 Å². The minimum atomic E-state index is 0.697. The van der Waals surface area contributed by atoms with Gasteiger partial charge in [0, 0.05) is 16.6 Å². The summed E-state index contributed by atoms with van der Waals surface area (Å²) in [6.07, 6.45) is 0. The number of fused-ring (bicyclic) bond motifs is 1. The summed E-state index contributed by atoms with van der Waals surface area (Å²) >= 11 is 1.75. The highest BCUT2D eigenvalue weighted by Gasteiger charge is 2.07. The molecule has 3 rings (SSSR count). The number of nitrogens with zero attached hydrogens (tertiary/aromatic N) is 1. The molecule has 0 spiro atoms. The van der Waals surface area contributed by atoms with Crippen LogP contribution >= 0.6 is 11.8 Å². The predicted octanol–water partition coefficient (Wildman–Crippen LogP) is 4.32. The third kappa shape index (κ3) is 2.65. The molecule has 0 aliphatic rings. The van der Waals surface area contributed by atoms with Crippen LogP contribution in [0.1, 0.15) is 17.0 Å². The highest BCUT2D eigenvalue weighted by Crippen LogP contribution is 2.28. The van der Waals surface area contributed by atoms with Crippen molar-refractivity contribution in [2.24, 2.45) is 0 Å². The molecular weight excluding hydrogens is 268 g/mol. The average Bonchev–Trinajstić information content (AvgIpc) is 2.81. The van der Waals surface area contributed by atoms with Crippen molar-refractivity contribution < 1.29 is 4.42 Å². The van der Waals surface area contributed by atoms with Crippen molar-refractivity contribution in [1.29, 1.82) is 0 Å². The van der Waals surface area contributed by atoms with E-state index >= 15 is 0 Å². The van der Waals surface area contributed by atoms with Crippen LogP contribution in [0.3, 0.4) is 0 Å². The summed E-state index contributed by atoms with van der Waals surface area (Å²) in [5.41, 5.74) is 10.6. The van der Waals surface area contributed by atoms with Crippen molar-refractivity contribution >= 4 is 28.5 Å². The molecule has 0 aliphatic heterocycles. The van der Waals surface area contributed by atoms with E-state index in [0.717, 1.165) is 22.7 Å². The van der Waals surface area contributed by atoms with Gasteiger partial charge >= 0.3 is 0 Å². The van der Waals surface area contributed by atoms with Crippen molar-refractivity contribution in [1.82, 2.24) is 4.98 Å². The molecule has 3 aromatic rings. The first-order valence-corrected chi connectivity index (χ1v) is 7.45. The van der Waals surface area contributed by atoms with Gasteiger partial charge in [-0.2, -0.15) is 0 Å². The second kappa shape index (κ2) is 5.21. The van der Waals surface area contributed by atoms with Gasteiger partial charge in [0.2, 0.25) is 5.89 Å². The van der Waals surface area contributed by atoms with E-state index in [1.165, 1.54) is 16.0 Å². The van der Waals surface area contributed by atoms with Crippen molar-refractivity contribution in [3.05, 3.63) is 53.4 Å². The topological polar surface area (TPSA) is 52.0 Å². The first kappa shape index (κ1) is 13.1. The molecule has 2 N–H and O–H groups in total. The Bertz CT molecular complexity index is 764. The maximum Gasteiger partial charge on any atom is 0.205 e. The molecule has 2 aromatic carbocycles. The SMILES string of the molecule is Cc1ccc(C)c(SCc2nc3ccc(N)cc3o2)c1. The molecule has 0 aliphatic carbocycles. The Hall–Kier alpha value is -1.94. The maximum atomic E-state index is 5.74. The lowest BCUT2D eigenvalue weighted by Crippen LogP contribution is -1.84. The molecule has 102 valence electrons. The Morgan fingerprint density at radius 1 is 1.15 bits per heavy atom. The van der Waals surface area contributed by atoms with E-state index in [-0.39, 0.29) is 0 Å². The zero-order valence-electron chi connectivity index (χ0n) is 11.5. The molecule has 3 nitrogen and oxygen atoms in total. The van der Waals surface area contributed by atoms with E-state index in [4.69, 9.17) is 10.2 Å². The number of oxazole rings is 1. The van der Waals surface area contributed by atoms with Crippen molar-refractivity contribution in [2.45, 2.75) is 24.5 Å². The number of aromatic nitrogens is 1. The Labute approximate surface area is 122 Å². The number of hydrogen-bond donors (Lipinski definition) is 1. The quantitative estimate of drug-likeness (QED) is 0.575. The van der Waals surface area contributed by atoms with Crippen LogP contribution in [0.4, 0.5) is 5.69 Å². The molecule has 0 unspecified atom stereocenters. The van der Waals surface area contributed by atoms with E-state index in [1.807, 2.05) is 18.2 Å². The number of rotatable bonds is 3. The summed E-state index contributed by atoms with van der Waals surface area (Å²) in [4.78, 5) is 5.75. The number of nitrogen functional groups attached to an aromatic ring is 1. The third-order valence-electron chi connectivity index (χ3n) is 3.15. The fraction of sp³-hybridized carbons (Fsp3) is 0.188. The zero-order valence-corrected chi connectivity index (χ0v) is 12.3. The number of benzene rings is 2. The standard InChI is InChI=1S/C16H16N2OS/c1-10-3-4-11(2)15(7-10)20-9-16-18-13-6-5-12(17)8-14(13)19-16/h3-8H,9,17H2,1-2H3. The Balaban J connectivity index is 1.81. The molecule has 0 saturated carbocycles. The molecule has 0 fully saturated rings. The smallest absolute Gasteiger partial charge is 0.205 e. The molecular formula is C16H16N2OS. The van der Waals surface area contributed by atoms with Crippen molar-refractivity contribution in [2.75, 3.05) is 5.73 Å². The van der Waals surface area contributed by atoms with Crippen molar-refractivity contribution in [3.63, 3.8) is 0 Å². The number of aryl methyl sites for hydroxylation is 2. The van der Waals surface area contributed by atoms with Crippen LogP contribution in [0.25, 0.3) is 11.1 Å². The van der Waals surface area contributed by atoms with Crippen LogP contribution in [0.2, 0.25) is 0 Å². The number of anilines is 1. The molecule has 1 aromatic heterocycles. The Kier molecular flexibility index (Phi) is 3.40. The molecule has 1 heterocycles. The van der Waals surface area contributed by atoms with E-state index in [2.05, 4.69) is 37.0 Å². The summed E-state index contributed by atoms with van der Waals surface area (Å²) < 4.78 is 5.73. The molecule has 0 radical (unpaired) electrons. The summed E-state index contributed by atoms with van der Waals surface area (Å²) in [7, 11) is 0. The molecule has 0 amide bonds. The van der Waals surface area contributed by atoms with Crippen LogP contribution in [-0.2, 0) is 5.75 Å². The van der Waals surface area contributed by atoms with Gasteiger partial charge in [0.15, 0.2) is 5.58 Å². The first-order chi connectivity index (χ1) is 9.61. The highest BCUT2D eigenvalue weighted by atomic mass is 32.2. The van der Waals surface area contributed by atoms with Crippen LogP contribution in [-0.4, -0.2) is 4.98 Å². The van der Waals surface area contributed by atoms with Gasteiger partial charge in [-0.15, -0.1) is 11.8 Å². The molecule has 20 heavy (non-hydrogen) atoms. The molecule has 4 heteroatoms. The molecule has 0 bridgehead atoms. The second-order valence-corrected chi connectivity index (χ2v) is 5.91. The Morgan fingerprint density at radius 2 is 2.00 bits per heavy atom. The number of nitrogens with two attached hydrogens (primary N) is 1. The summed E-state index contributed by atoms with van der Waals surface area (Å²) in [6, 6.07) is 12.0. The fourth-order valence-corrected chi connectivity index (χ4v) is 3.02. The van der Waals surface area contributed by atoms with Gasteiger partial charge in [-0.1, -0.05) is 17.7 Å². The van der Waals surface area contributed by atoms with Crippen molar-refractivity contribution in [3.8, 4) is 0 Å². The lowest BCUT2D eigenvalue weighted by molar-refractivity contribution is 0.556. The molecule has 0 atom stereocenters. The number of thioether (sulfide) groups is 1. The summed E-state index contributed by atoms with van der Waals surface area (Å²) in [6.45, 7) is 4.22. The predicted molar refractivity (Wildman–Crippen MR) is 83.9 cm³/mol. The third-order valence-corrected chi connectivity index (χ3v) is 4.29. The Morgan fingerprint density at radius 3 is 2.85 bits per heavy atom. The second-order valence-electron chi connectivity index (χ2n) is 4.89.